The van der Waals surface area contributed by atoms with Crippen molar-refractivity contribution >= 4 is 11.6 Å². The van der Waals surface area contributed by atoms with E-state index in [1.54, 1.807) is 0 Å². The van der Waals surface area contributed by atoms with Gasteiger partial charge in [0.25, 0.3) is 0 Å². The van der Waals surface area contributed by atoms with Crippen molar-refractivity contribution in [3.63, 3.8) is 0 Å². The number of para-hydroxylation sites is 1. The third-order valence-corrected chi connectivity index (χ3v) is 4.18. The van der Waals surface area contributed by atoms with Gasteiger partial charge in [-0.2, -0.15) is 5.26 Å². The summed E-state index contributed by atoms with van der Waals surface area (Å²) >= 11 is 0. The highest BCUT2D eigenvalue weighted by Gasteiger charge is 2.30. The first-order valence-corrected chi connectivity index (χ1v) is 7.85. The standard InChI is InChI=1S/C19H19N3O/c20-13-15-8-10-16(11-9-15)14-22-12-4-7-18(22)19(23)21-17-5-2-1-3-6-17/h1-3,5-6,8-11,18H,4,7,12,14H2,(H,21,23)/t18-/m0/s1. The first kappa shape index (κ1) is 15.3. The monoisotopic (exact) mass is 305 g/mol. The molecule has 0 aliphatic carbocycles. The highest BCUT2D eigenvalue weighted by atomic mass is 16.2. The second-order valence-corrected chi connectivity index (χ2v) is 5.79. The van der Waals surface area contributed by atoms with E-state index in [1.165, 1.54) is 0 Å². The summed E-state index contributed by atoms with van der Waals surface area (Å²) in [5.74, 6) is 0.0577. The summed E-state index contributed by atoms with van der Waals surface area (Å²) in [6.45, 7) is 1.66. The Labute approximate surface area is 136 Å². The van der Waals surface area contributed by atoms with Crippen molar-refractivity contribution in [3.8, 4) is 6.07 Å². The number of nitrogens with one attached hydrogen (secondary N) is 1. The van der Waals surface area contributed by atoms with Crippen molar-refractivity contribution in [1.29, 1.82) is 5.26 Å². The summed E-state index contributed by atoms with van der Waals surface area (Å²) < 4.78 is 0. The van der Waals surface area contributed by atoms with E-state index in [1.807, 2.05) is 54.6 Å². The van der Waals surface area contributed by atoms with E-state index < -0.39 is 0 Å². The molecule has 0 radical (unpaired) electrons. The van der Waals surface area contributed by atoms with Crippen molar-refractivity contribution in [1.82, 2.24) is 4.90 Å². The quantitative estimate of drug-likeness (QED) is 0.944. The molecule has 1 N–H and O–H groups in total. The summed E-state index contributed by atoms with van der Waals surface area (Å²) in [6, 6.07) is 19.2. The summed E-state index contributed by atoms with van der Waals surface area (Å²) in [7, 11) is 0. The summed E-state index contributed by atoms with van der Waals surface area (Å²) in [5.41, 5.74) is 2.62. The van der Waals surface area contributed by atoms with Gasteiger partial charge in [-0.3, -0.25) is 9.69 Å². The van der Waals surface area contributed by atoms with E-state index in [2.05, 4.69) is 16.3 Å². The van der Waals surface area contributed by atoms with Crippen molar-refractivity contribution in [2.24, 2.45) is 0 Å². The molecule has 1 heterocycles. The van der Waals surface area contributed by atoms with Gasteiger partial charge in [-0.15, -0.1) is 0 Å². The SMILES string of the molecule is N#Cc1ccc(CN2CCC[C@H]2C(=O)Nc2ccccc2)cc1. The molecule has 1 atom stereocenters. The number of anilines is 1. The Morgan fingerprint density at radius 2 is 1.91 bits per heavy atom. The molecule has 0 bridgehead atoms. The van der Waals surface area contributed by atoms with Gasteiger partial charge < -0.3 is 5.32 Å². The Kier molecular flexibility index (Phi) is 4.70. The van der Waals surface area contributed by atoms with Crippen LogP contribution in [0.1, 0.15) is 24.0 Å². The van der Waals surface area contributed by atoms with Crippen LogP contribution in [0.25, 0.3) is 0 Å². The molecule has 1 amide bonds. The Hall–Kier alpha value is -2.64. The van der Waals surface area contributed by atoms with Gasteiger partial charge in [0.15, 0.2) is 0 Å². The van der Waals surface area contributed by atoms with Gasteiger partial charge in [0.1, 0.15) is 0 Å². The topological polar surface area (TPSA) is 56.1 Å². The lowest BCUT2D eigenvalue weighted by Crippen LogP contribution is -2.39. The molecule has 4 nitrogen and oxygen atoms in total. The molecule has 1 aliphatic heterocycles. The fourth-order valence-corrected chi connectivity index (χ4v) is 2.98. The number of benzene rings is 2. The van der Waals surface area contributed by atoms with Crippen LogP contribution >= 0.6 is 0 Å². The minimum atomic E-state index is -0.0918. The third kappa shape index (κ3) is 3.77. The maximum absolute atomic E-state index is 12.5. The number of hydrogen-bond donors (Lipinski definition) is 1. The van der Waals surface area contributed by atoms with Crippen LogP contribution in [0.15, 0.2) is 54.6 Å². The molecule has 0 unspecified atom stereocenters. The van der Waals surface area contributed by atoms with Crippen LogP contribution in [0.3, 0.4) is 0 Å². The third-order valence-electron chi connectivity index (χ3n) is 4.18. The molecule has 2 aromatic rings. The maximum Gasteiger partial charge on any atom is 0.241 e. The lowest BCUT2D eigenvalue weighted by molar-refractivity contribution is -0.120. The van der Waals surface area contributed by atoms with E-state index in [0.29, 0.717) is 5.56 Å². The molecular weight excluding hydrogens is 286 g/mol. The number of nitriles is 1. The number of carbonyl (C=O) groups excluding carboxylic acids is 1. The van der Waals surface area contributed by atoms with Crippen molar-refractivity contribution < 1.29 is 4.79 Å². The molecule has 1 aliphatic rings. The molecule has 23 heavy (non-hydrogen) atoms. The molecule has 0 saturated carbocycles. The fraction of sp³-hybridized carbons (Fsp3) is 0.263. The number of rotatable bonds is 4. The molecule has 2 aromatic carbocycles. The highest BCUT2D eigenvalue weighted by molar-refractivity contribution is 5.94. The zero-order valence-corrected chi connectivity index (χ0v) is 12.9. The Balaban J connectivity index is 1.65. The van der Waals surface area contributed by atoms with Gasteiger partial charge in [-0.1, -0.05) is 30.3 Å². The zero-order chi connectivity index (χ0) is 16.1. The average Bonchev–Trinajstić information content (AvgIpc) is 3.05. The van der Waals surface area contributed by atoms with E-state index in [9.17, 15) is 4.79 Å². The van der Waals surface area contributed by atoms with Gasteiger partial charge in [0.2, 0.25) is 5.91 Å². The maximum atomic E-state index is 12.5. The first-order valence-electron chi connectivity index (χ1n) is 7.85. The normalized spacial score (nSPS) is 17.6. The Bertz CT molecular complexity index is 704. The van der Waals surface area contributed by atoms with Gasteiger partial charge in [-0.25, -0.2) is 0 Å². The summed E-state index contributed by atoms with van der Waals surface area (Å²) in [5, 5.41) is 11.8. The fourth-order valence-electron chi connectivity index (χ4n) is 2.98. The second-order valence-electron chi connectivity index (χ2n) is 5.79. The van der Waals surface area contributed by atoms with Crippen LogP contribution < -0.4 is 5.32 Å². The average molecular weight is 305 g/mol. The first-order chi connectivity index (χ1) is 11.3. The van der Waals surface area contributed by atoms with Crippen LogP contribution in [0.4, 0.5) is 5.69 Å². The van der Waals surface area contributed by atoms with Crippen LogP contribution in [-0.2, 0) is 11.3 Å². The Morgan fingerprint density at radius 1 is 1.17 bits per heavy atom. The van der Waals surface area contributed by atoms with Crippen molar-refractivity contribution in [2.45, 2.75) is 25.4 Å². The van der Waals surface area contributed by atoms with Crippen LogP contribution in [0, 0.1) is 11.3 Å². The summed E-state index contributed by atoms with van der Waals surface area (Å²) in [6.07, 6.45) is 1.91. The number of carbonyl (C=O) groups is 1. The zero-order valence-electron chi connectivity index (χ0n) is 12.9. The molecule has 3 rings (SSSR count). The number of likely N-dealkylation sites (tertiary alicyclic amines) is 1. The minimum Gasteiger partial charge on any atom is -0.325 e. The van der Waals surface area contributed by atoms with Crippen molar-refractivity contribution in [2.75, 3.05) is 11.9 Å². The van der Waals surface area contributed by atoms with E-state index in [0.717, 1.165) is 37.2 Å². The predicted octanol–water partition coefficient (Wildman–Crippen LogP) is 3.16. The van der Waals surface area contributed by atoms with Gasteiger partial charge >= 0.3 is 0 Å². The van der Waals surface area contributed by atoms with Crippen molar-refractivity contribution in [3.05, 3.63) is 65.7 Å². The predicted molar refractivity (Wildman–Crippen MR) is 89.7 cm³/mol. The van der Waals surface area contributed by atoms with Gasteiger partial charge in [-0.05, 0) is 49.2 Å². The molecule has 4 heteroatoms. The molecule has 1 saturated heterocycles. The molecule has 0 aromatic heterocycles. The van der Waals surface area contributed by atoms with Crippen LogP contribution in [-0.4, -0.2) is 23.4 Å². The largest absolute Gasteiger partial charge is 0.325 e. The van der Waals surface area contributed by atoms with E-state index >= 15 is 0 Å². The van der Waals surface area contributed by atoms with E-state index in [-0.39, 0.29) is 11.9 Å². The molecular formula is C19H19N3O. The lowest BCUT2D eigenvalue weighted by atomic mass is 10.1. The smallest absolute Gasteiger partial charge is 0.241 e. The molecule has 0 spiro atoms. The second kappa shape index (κ2) is 7.08. The minimum absolute atomic E-state index is 0.0577. The number of nitrogens with zero attached hydrogens (tertiary/aromatic N) is 2. The number of amides is 1. The van der Waals surface area contributed by atoms with Gasteiger partial charge in [0.05, 0.1) is 17.7 Å². The lowest BCUT2D eigenvalue weighted by Gasteiger charge is -2.23. The van der Waals surface area contributed by atoms with E-state index in [4.69, 9.17) is 5.26 Å². The summed E-state index contributed by atoms with van der Waals surface area (Å²) in [4.78, 5) is 14.7. The Morgan fingerprint density at radius 3 is 2.61 bits per heavy atom. The van der Waals surface area contributed by atoms with Gasteiger partial charge in [0, 0.05) is 12.2 Å². The molecule has 116 valence electrons. The highest BCUT2D eigenvalue weighted by Crippen LogP contribution is 2.22. The number of hydrogen-bond acceptors (Lipinski definition) is 3. The molecule has 1 fully saturated rings. The van der Waals surface area contributed by atoms with Crippen LogP contribution in [0.5, 0.6) is 0 Å². The van der Waals surface area contributed by atoms with Crippen LogP contribution in [0.2, 0.25) is 0 Å².